The predicted molar refractivity (Wildman–Crippen MR) is 94.2 cm³/mol. The molecular formula is C18H23N3O4. The van der Waals surface area contributed by atoms with Crippen LogP contribution in [0.2, 0.25) is 0 Å². The molecule has 1 amide bonds. The van der Waals surface area contributed by atoms with Gasteiger partial charge in [0.2, 0.25) is 5.91 Å². The molecule has 0 saturated heterocycles. The van der Waals surface area contributed by atoms with Crippen molar-refractivity contribution in [2.24, 2.45) is 0 Å². The number of rotatable bonds is 8. The second-order valence-electron chi connectivity index (χ2n) is 6.02. The number of carbonyl (C=O) groups is 2. The molecule has 0 atom stereocenters. The van der Waals surface area contributed by atoms with Crippen LogP contribution in [0.25, 0.3) is 10.9 Å². The van der Waals surface area contributed by atoms with Crippen LogP contribution in [0.4, 0.5) is 0 Å². The summed E-state index contributed by atoms with van der Waals surface area (Å²) in [5.74, 6) is 0.103. The van der Waals surface area contributed by atoms with Crippen molar-refractivity contribution in [1.82, 2.24) is 15.3 Å². The van der Waals surface area contributed by atoms with Gasteiger partial charge in [0.15, 0.2) is 0 Å². The lowest BCUT2D eigenvalue weighted by molar-refractivity contribution is -0.147. The van der Waals surface area contributed by atoms with Crippen molar-refractivity contribution >= 4 is 22.8 Å². The van der Waals surface area contributed by atoms with Crippen molar-refractivity contribution in [3.05, 3.63) is 40.4 Å². The number of fused-ring (bicyclic) bond motifs is 1. The van der Waals surface area contributed by atoms with E-state index in [9.17, 15) is 14.4 Å². The van der Waals surface area contributed by atoms with Crippen molar-refractivity contribution in [1.29, 1.82) is 0 Å². The van der Waals surface area contributed by atoms with Gasteiger partial charge in [0.05, 0.1) is 23.4 Å². The molecule has 2 rings (SSSR count). The molecule has 25 heavy (non-hydrogen) atoms. The zero-order chi connectivity index (χ0) is 18.2. The Morgan fingerprint density at radius 3 is 2.76 bits per heavy atom. The predicted octanol–water partition coefficient (Wildman–Crippen LogP) is 1.70. The first-order valence-corrected chi connectivity index (χ1v) is 8.40. The molecule has 2 aromatic rings. The minimum atomic E-state index is -0.326. The van der Waals surface area contributed by atoms with Gasteiger partial charge in [-0.05, 0) is 32.4 Å². The number of ether oxygens (including phenoxy) is 1. The second-order valence-corrected chi connectivity index (χ2v) is 6.02. The maximum Gasteiger partial charge on any atom is 0.307 e. The molecule has 7 heteroatoms. The fourth-order valence-electron chi connectivity index (χ4n) is 2.38. The Labute approximate surface area is 145 Å². The van der Waals surface area contributed by atoms with Crippen LogP contribution >= 0.6 is 0 Å². The standard InChI is InChI=1S/C18H23N3O4/c1-12(2)25-17(23)10-11-19-16(22)9-5-8-15-20-14-7-4-3-6-13(14)18(24)21-15/h3-4,6-7,12H,5,8-11H2,1-2H3,(H,19,22)(H,20,21,24). The van der Waals surface area contributed by atoms with Crippen molar-refractivity contribution in [3.63, 3.8) is 0 Å². The van der Waals surface area contributed by atoms with Crippen LogP contribution in [0, 0.1) is 0 Å². The first-order chi connectivity index (χ1) is 12.0. The summed E-state index contributed by atoms with van der Waals surface area (Å²) in [4.78, 5) is 42.2. The summed E-state index contributed by atoms with van der Waals surface area (Å²) >= 11 is 0. The Morgan fingerprint density at radius 2 is 2.00 bits per heavy atom. The lowest BCUT2D eigenvalue weighted by Gasteiger charge is -2.08. The summed E-state index contributed by atoms with van der Waals surface area (Å²) in [6.07, 6.45) is 1.37. The molecular weight excluding hydrogens is 322 g/mol. The number of esters is 1. The van der Waals surface area contributed by atoms with Crippen LogP contribution in [0.5, 0.6) is 0 Å². The van der Waals surface area contributed by atoms with E-state index in [4.69, 9.17) is 4.74 Å². The van der Waals surface area contributed by atoms with Gasteiger partial charge in [0.25, 0.3) is 5.56 Å². The average Bonchev–Trinajstić information content (AvgIpc) is 2.54. The number of para-hydroxylation sites is 1. The molecule has 0 unspecified atom stereocenters. The molecule has 1 aromatic carbocycles. The highest BCUT2D eigenvalue weighted by atomic mass is 16.5. The average molecular weight is 345 g/mol. The van der Waals surface area contributed by atoms with Gasteiger partial charge in [-0.15, -0.1) is 0 Å². The van der Waals surface area contributed by atoms with Gasteiger partial charge in [-0.2, -0.15) is 0 Å². The fourth-order valence-corrected chi connectivity index (χ4v) is 2.38. The van der Waals surface area contributed by atoms with E-state index in [1.807, 2.05) is 6.07 Å². The largest absolute Gasteiger partial charge is 0.463 e. The highest BCUT2D eigenvalue weighted by Gasteiger charge is 2.08. The third-order valence-corrected chi connectivity index (χ3v) is 3.50. The summed E-state index contributed by atoms with van der Waals surface area (Å²) < 4.78 is 4.99. The number of amides is 1. The number of H-pyrrole nitrogens is 1. The highest BCUT2D eigenvalue weighted by Crippen LogP contribution is 2.07. The summed E-state index contributed by atoms with van der Waals surface area (Å²) in [5.41, 5.74) is 0.475. The molecule has 0 aliphatic carbocycles. The molecule has 0 bridgehead atoms. The number of aryl methyl sites for hydroxylation is 1. The topological polar surface area (TPSA) is 101 Å². The quantitative estimate of drug-likeness (QED) is 0.709. The summed E-state index contributed by atoms with van der Waals surface area (Å²) in [6, 6.07) is 7.14. The molecule has 1 heterocycles. The van der Waals surface area contributed by atoms with Gasteiger partial charge in [-0.1, -0.05) is 12.1 Å². The van der Waals surface area contributed by atoms with Gasteiger partial charge < -0.3 is 15.0 Å². The Hall–Kier alpha value is -2.70. The Kier molecular flexibility index (Phi) is 6.68. The number of nitrogens with zero attached hydrogens (tertiary/aromatic N) is 1. The van der Waals surface area contributed by atoms with Gasteiger partial charge in [0, 0.05) is 19.4 Å². The van der Waals surface area contributed by atoms with Crippen molar-refractivity contribution in [2.75, 3.05) is 6.54 Å². The molecule has 7 nitrogen and oxygen atoms in total. The van der Waals surface area contributed by atoms with Crippen LogP contribution in [-0.4, -0.2) is 34.5 Å². The fraction of sp³-hybridized carbons (Fsp3) is 0.444. The van der Waals surface area contributed by atoms with E-state index < -0.39 is 0 Å². The molecule has 0 aliphatic rings. The van der Waals surface area contributed by atoms with E-state index in [2.05, 4.69) is 15.3 Å². The van der Waals surface area contributed by atoms with E-state index in [-0.39, 0.29) is 36.5 Å². The lowest BCUT2D eigenvalue weighted by Crippen LogP contribution is -2.27. The number of aromatic amines is 1. The number of hydrogen-bond donors (Lipinski definition) is 2. The minimum absolute atomic E-state index is 0.138. The monoisotopic (exact) mass is 345 g/mol. The third kappa shape index (κ3) is 6.02. The number of carbonyl (C=O) groups excluding carboxylic acids is 2. The molecule has 0 spiro atoms. The van der Waals surface area contributed by atoms with Crippen LogP contribution in [0.15, 0.2) is 29.1 Å². The number of aromatic nitrogens is 2. The van der Waals surface area contributed by atoms with Crippen LogP contribution in [-0.2, 0) is 20.7 Å². The maximum absolute atomic E-state index is 12.0. The van der Waals surface area contributed by atoms with Crippen LogP contribution in [0.3, 0.4) is 0 Å². The molecule has 0 aliphatic heterocycles. The highest BCUT2D eigenvalue weighted by molar-refractivity contribution is 5.77. The summed E-state index contributed by atoms with van der Waals surface area (Å²) in [7, 11) is 0. The molecule has 2 N–H and O–H groups in total. The number of hydrogen-bond acceptors (Lipinski definition) is 5. The molecule has 1 aromatic heterocycles. The first-order valence-electron chi connectivity index (χ1n) is 8.40. The Balaban J connectivity index is 1.74. The van der Waals surface area contributed by atoms with E-state index in [0.29, 0.717) is 36.0 Å². The van der Waals surface area contributed by atoms with Crippen molar-refractivity contribution < 1.29 is 14.3 Å². The van der Waals surface area contributed by atoms with Gasteiger partial charge in [-0.25, -0.2) is 4.98 Å². The minimum Gasteiger partial charge on any atom is -0.463 e. The normalized spacial score (nSPS) is 10.8. The second kappa shape index (κ2) is 8.96. The number of benzene rings is 1. The summed E-state index contributed by atoms with van der Waals surface area (Å²) in [5, 5.41) is 3.24. The zero-order valence-electron chi connectivity index (χ0n) is 14.5. The Morgan fingerprint density at radius 1 is 1.24 bits per heavy atom. The maximum atomic E-state index is 12.0. The van der Waals surface area contributed by atoms with Crippen molar-refractivity contribution in [2.45, 2.75) is 45.6 Å². The number of nitrogens with one attached hydrogen (secondary N) is 2. The van der Waals surface area contributed by atoms with Gasteiger partial charge in [-0.3, -0.25) is 14.4 Å². The van der Waals surface area contributed by atoms with E-state index in [1.54, 1.807) is 32.0 Å². The van der Waals surface area contributed by atoms with E-state index >= 15 is 0 Å². The van der Waals surface area contributed by atoms with Gasteiger partial charge in [0.1, 0.15) is 5.82 Å². The van der Waals surface area contributed by atoms with Crippen LogP contribution in [0.1, 0.15) is 38.9 Å². The lowest BCUT2D eigenvalue weighted by atomic mass is 10.2. The molecule has 0 saturated carbocycles. The Bertz CT molecular complexity index is 798. The van der Waals surface area contributed by atoms with E-state index in [1.165, 1.54) is 0 Å². The van der Waals surface area contributed by atoms with Crippen molar-refractivity contribution in [3.8, 4) is 0 Å². The zero-order valence-corrected chi connectivity index (χ0v) is 14.5. The molecule has 0 fully saturated rings. The van der Waals surface area contributed by atoms with E-state index in [0.717, 1.165) is 0 Å². The van der Waals surface area contributed by atoms with Gasteiger partial charge >= 0.3 is 5.97 Å². The molecule has 0 radical (unpaired) electrons. The molecule has 134 valence electrons. The SMILES string of the molecule is CC(C)OC(=O)CCNC(=O)CCCc1nc2ccccc2c(=O)[nH]1. The smallest absolute Gasteiger partial charge is 0.307 e. The van der Waals surface area contributed by atoms with Crippen LogP contribution < -0.4 is 10.9 Å². The summed E-state index contributed by atoms with van der Waals surface area (Å²) in [6.45, 7) is 3.82. The third-order valence-electron chi connectivity index (χ3n) is 3.50. The first kappa shape index (κ1) is 18.6.